The fraction of sp³-hybridized carbons (Fsp3) is 0.318. The highest BCUT2D eigenvalue weighted by molar-refractivity contribution is 5.80. The van der Waals surface area contributed by atoms with Gasteiger partial charge in [0.1, 0.15) is 11.5 Å². The minimum Gasteiger partial charge on any atom is -0.497 e. The highest BCUT2D eigenvalue weighted by Gasteiger charge is 2.21. The molecule has 2 heterocycles. The molecular weight excluding hydrogens is 384 g/mol. The molecule has 8 heteroatoms. The predicted molar refractivity (Wildman–Crippen MR) is 111 cm³/mol. The lowest BCUT2D eigenvalue weighted by molar-refractivity contribution is 0.242. The summed E-state index contributed by atoms with van der Waals surface area (Å²) in [6.07, 6.45) is 4.45. The number of H-pyrrole nitrogens is 1. The summed E-state index contributed by atoms with van der Waals surface area (Å²) in [7, 11) is 1.62. The van der Waals surface area contributed by atoms with E-state index < -0.39 is 0 Å². The molecule has 4 aromatic rings. The van der Waals surface area contributed by atoms with Crippen molar-refractivity contribution < 1.29 is 14.0 Å². The Kier molecular flexibility index (Phi) is 4.74. The number of nitrogens with one attached hydrogen (secondary N) is 1. The monoisotopic (exact) mass is 406 g/mol. The van der Waals surface area contributed by atoms with Crippen molar-refractivity contribution in [3.8, 4) is 22.9 Å². The summed E-state index contributed by atoms with van der Waals surface area (Å²) < 4.78 is 18.0. The molecule has 0 amide bonds. The number of imidazole rings is 1. The van der Waals surface area contributed by atoms with E-state index in [4.69, 9.17) is 14.0 Å². The molecule has 1 saturated carbocycles. The minimum absolute atomic E-state index is 0.0595. The maximum atomic E-state index is 12.5. The van der Waals surface area contributed by atoms with E-state index in [1.165, 1.54) is 12.8 Å². The van der Waals surface area contributed by atoms with Gasteiger partial charge in [-0.15, -0.1) is 0 Å². The first kappa shape index (κ1) is 18.5. The van der Waals surface area contributed by atoms with Crippen molar-refractivity contribution in [3.05, 3.63) is 58.8 Å². The van der Waals surface area contributed by atoms with Gasteiger partial charge in [-0.25, -0.2) is 4.79 Å². The molecule has 0 bridgehead atoms. The van der Waals surface area contributed by atoms with Gasteiger partial charge < -0.3 is 19.0 Å². The van der Waals surface area contributed by atoms with Crippen LogP contribution in [0.1, 0.15) is 37.6 Å². The molecule has 1 aliphatic carbocycles. The van der Waals surface area contributed by atoms with Gasteiger partial charge in [0.05, 0.1) is 18.1 Å². The number of aromatic nitrogens is 4. The van der Waals surface area contributed by atoms with Crippen molar-refractivity contribution in [3.63, 3.8) is 0 Å². The number of hydrogen-bond donors (Lipinski definition) is 1. The first-order valence-corrected chi connectivity index (χ1v) is 10.1. The molecule has 0 aliphatic heterocycles. The van der Waals surface area contributed by atoms with E-state index >= 15 is 0 Å². The van der Waals surface area contributed by atoms with Crippen LogP contribution in [-0.2, 0) is 6.61 Å². The number of benzene rings is 2. The van der Waals surface area contributed by atoms with Crippen LogP contribution < -0.4 is 15.2 Å². The van der Waals surface area contributed by atoms with Crippen molar-refractivity contribution in [2.75, 3.05) is 7.11 Å². The molecule has 1 aliphatic rings. The lowest BCUT2D eigenvalue weighted by Crippen LogP contribution is -2.20. The number of rotatable bonds is 6. The molecule has 0 saturated heterocycles. The Morgan fingerprint density at radius 3 is 2.67 bits per heavy atom. The number of ether oxygens (including phenoxy) is 2. The van der Waals surface area contributed by atoms with Crippen LogP contribution in [0.2, 0.25) is 0 Å². The quantitative estimate of drug-likeness (QED) is 0.518. The lowest BCUT2D eigenvalue weighted by atomic mass is 10.1. The fourth-order valence-electron chi connectivity index (χ4n) is 4.04. The van der Waals surface area contributed by atoms with Gasteiger partial charge >= 0.3 is 5.69 Å². The van der Waals surface area contributed by atoms with Gasteiger partial charge in [0, 0.05) is 11.6 Å². The van der Waals surface area contributed by atoms with Crippen molar-refractivity contribution in [1.29, 1.82) is 0 Å². The van der Waals surface area contributed by atoms with Gasteiger partial charge in [0.2, 0.25) is 5.82 Å². The molecule has 1 fully saturated rings. The van der Waals surface area contributed by atoms with Crippen LogP contribution in [0.25, 0.3) is 22.4 Å². The maximum Gasteiger partial charge on any atom is 0.326 e. The molecule has 154 valence electrons. The van der Waals surface area contributed by atoms with Gasteiger partial charge in [0.25, 0.3) is 5.89 Å². The summed E-state index contributed by atoms with van der Waals surface area (Å²) in [5.74, 6) is 2.28. The zero-order chi connectivity index (χ0) is 20.5. The van der Waals surface area contributed by atoms with E-state index in [1.807, 2.05) is 47.0 Å². The first-order chi connectivity index (χ1) is 14.7. The van der Waals surface area contributed by atoms with Crippen LogP contribution in [0.15, 0.2) is 51.8 Å². The zero-order valence-electron chi connectivity index (χ0n) is 16.6. The summed E-state index contributed by atoms with van der Waals surface area (Å²) in [6.45, 7) is 0.163. The third-order valence-electron chi connectivity index (χ3n) is 5.55. The van der Waals surface area contributed by atoms with Gasteiger partial charge in [0.15, 0.2) is 6.61 Å². The van der Waals surface area contributed by atoms with E-state index in [-0.39, 0.29) is 18.3 Å². The molecule has 0 unspecified atom stereocenters. The Balaban J connectivity index is 1.34. The molecule has 5 rings (SSSR count). The van der Waals surface area contributed by atoms with Crippen LogP contribution in [-0.4, -0.2) is 26.8 Å². The highest BCUT2D eigenvalue weighted by atomic mass is 16.5. The summed E-state index contributed by atoms with van der Waals surface area (Å²) in [5, 5.41) is 4.05. The van der Waals surface area contributed by atoms with Gasteiger partial charge in [-0.05, 0) is 55.3 Å². The molecule has 1 N–H and O–H groups in total. The summed E-state index contributed by atoms with van der Waals surface area (Å²) in [4.78, 5) is 19.9. The van der Waals surface area contributed by atoms with Crippen LogP contribution in [0, 0.1) is 0 Å². The molecule has 30 heavy (non-hydrogen) atoms. The molecule has 2 aromatic carbocycles. The van der Waals surface area contributed by atoms with Crippen LogP contribution in [0.4, 0.5) is 0 Å². The lowest BCUT2D eigenvalue weighted by Gasteiger charge is -2.11. The Morgan fingerprint density at radius 2 is 1.90 bits per heavy atom. The number of fused-ring (bicyclic) bond motifs is 1. The van der Waals surface area contributed by atoms with E-state index in [9.17, 15) is 4.79 Å². The van der Waals surface area contributed by atoms with Crippen molar-refractivity contribution in [1.82, 2.24) is 19.7 Å². The van der Waals surface area contributed by atoms with Gasteiger partial charge in [-0.3, -0.25) is 4.57 Å². The van der Waals surface area contributed by atoms with E-state index in [2.05, 4.69) is 15.1 Å². The third kappa shape index (κ3) is 3.45. The van der Waals surface area contributed by atoms with Gasteiger partial charge in [-0.1, -0.05) is 18.0 Å². The number of aromatic amines is 1. The molecule has 8 nitrogen and oxygen atoms in total. The number of methoxy groups -OCH3 is 1. The highest BCUT2D eigenvalue weighted by Crippen LogP contribution is 2.31. The van der Waals surface area contributed by atoms with Crippen LogP contribution in [0.5, 0.6) is 11.5 Å². The molecular formula is C22H22N4O4. The second kappa shape index (κ2) is 7.70. The summed E-state index contributed by atoms with van der Waals surface area (Å²) in [5.41, 5.74) is 2.42. The average Bonchev–Trinajstić information content (AvgIpc) is 3.51. The summed E-state index contributed by atoms with van der Waals surface area (Å²) in [6, 6.07) is 13.3. The van der Waals surface area contributed by atoms with Crippen molar-refractivity contribution >= 4 is 11.0 Å². The summed E-state index contributed by atoms with van der Waals surface area (Å²) >= 11 is 0. The largest absolute Gasteiger partial charge is 0.497 e. The van der Waals surface area contributed by atoms with Gasteiger partial charge in [-0.2, -0.15) is 4.98 Å². The van der Waals surface area contributed by atoms with E-state index in [1.54, 1.807) is 7.11 Å². The standard InChI is InChI=1S/C22H22N4O4/c1-28-16-7-9-17(10-8-16)29-13-20-24-21(25-30-20)14-6-11-19-18(12-14)23-22(27)26(19)15-4-2-3-5-15/h6-12,15H,2-5,13H2,1H3,(H,23,27). The van der Waals surface area contributed by atoms with Crippen LogP contribution in [0.3, 0.4) is 0 Å². The topological polar surface area (TPSA) is 95.2 Å². The second-order valence-corrected chi connectivity index (χ2v) is 7.45. The Bertz CT molecular complexity index is 1220. The molecule has 2 aromatic heterocycles. The van der Waals surface area contributed by atoms with Crippen molar-refractivity contribution in [2.24, 2.45) is 0 Å². The van der Waals surface area contributed by atoms with Crippen molar-refractivity contribution in [2.45, 2.75) is 38.3 Å². The second-order valence-electron chi connectivity index (χ2n) is 7.45. The molecule has 0 atom stereocenters. The number of nitrogens with zero attached hydrogens (tertiary/aromatic N) is 3. The first-order valence-electron chi connectivity index (χ1n) is 10.1. The predicted octanol–water partition coefficient (Wildman–Crippen LogP) is 4.08. The van der Waals surface area contributed by atoms with Crippen LogP contribution >= 0.6 is 0 Å². The molecule has 0 spiro atoms. The Labute approximate surface area is 172 Å². The normalized spacial score (nSPS) is 14.4. The molecule has 0 radical (unpaired) electrons. The minimum atomic E-state index is -0.0595. The zero-order valence-corrected chi connectivity index (χ0v) is 16.6. The fourth-order valence-corrected chi connectivity index (χ4v) is 4.04. The Hall–Kier alpha value is -3.55. The van der Waals surface area contributed by atoms with E-state index in [0.29, 0.717) is 17.5 Å². The number of hydrogen-bond acceptors (Lipinski definition) is 6. The average molecular weight is 406 g/mol. The Morgan fingerprint density at radius 1 is 1.13 bits per heavy atom. The SMILES string of the molecule is COc1ccc(OCc2nc(-c3ccc4c(c3)[nH]c(=O)n4C3CCCC3)no2)cc1. The van der Waals surface area contributed by atoms with E-state index in [0.717, 1.165) is 35.2 Å². The maximum absolute atomic E-state index is 12.5. The smallest absolute Gasteiger partial charge is 0.326 e. The third-order valence-corrected chi connectivity index (χ3v) is 5.55.